The van der Waals surface area contributed by atoms with Gasteiger partial charge in [0.1, 0.15) is 0 Å². The highest BCUT2D eigenvalue weighted by Crippen LogP contribution is 2.28. The maximum atomic E-state index is 6.19. The van der Waals surface area contributed by atoms with E-state index < -0.39 is 0 Å². The van der Waals surface area contributed by atoms with E-state index in [4.69, 9.17) is 5.73 Å². The molecule has 0 saturated carbocycles. The van der Waals surface area contributed by atoms with E-state index in [1.165, 1.54) is 5.69 Å². The van der Waals surface area contributed by atoms with Crippen LogP contribution in [-0.4, -0.2) is 57.6 Å². The molecule has 3 heterocycles. The number of nitrogens with one attached hydrogen (secondary N) is 1. The number of anilines is 4. The maximum Gasteiger partial charge on any atom is 0.227 e. The molecule has 1 aliphatic heterocycles. The number of aryl methyl sites for hydroxylation is 1. The number of piperazine rings is 1. The van der Waals surface area contributed by atoms with Gasteiger partial charge < -0.3 is 25.4 Å². The molecule has 0 spiro atoms. The maximum absolute atomic E-state index is 6.19. The molecule has 158 valence electrons. The number of hydrogen-bond acceptors (Lipinski definition) is 7. The van der Waals surface area contributed by atoms with Gasteiger partial charge in [0.25, 0.3) is 0 Å². The van der Waals surface area contributed by atoms with Crippen LogP contribution in [-0.2, 0) is 7.05 Å². The fourth-order valence-electron chi connectivity index (χ4n) is 3.92. The van der Waals surface area contributed by atoms with Crippen LogP contribution < -0.4 is 16.0 Å². The zero-order valence-electron chi connectivity index (χ0n) is 17.8. The minimum Gasteiger partial charge on any atom is -0.396 e. The molecule has 5 rings (SSSR count). The molecule has 0 aliphatic carbocycles. The van der Waals surface area contributed by atoms with Crippen LogP contribution >= 0.6 is 0 Å². The molecule has 0 atom stereocenters. The number of nitrogens with zero attached hydrogens (tertiary/aromatic N) is 6. The van der Waals surface area contributed by atoms with Gasteiger partial charge in [-0.15, -0.1) is 0 Å². The summed E-state index contributed by atoms with van der Waals surface area (Å²) in [4.78, 5) is 18.2. The second kappa shape index (κ2) is 7.88. The molecule has 0 radical (unpaired) electrons. The molecule has 2 aromatic heterocycles. The lowest BCUT2D eigenvalue weighted by atomic mass is 10.1. The Morgan fingerprint density at radius 3 is 2.48 bits per heavy atom. The van der Waals surface area contributed by atoms with Crippen molar-refractivity contribution in [2.75, 3.05) is 49.2 Å². The van der Waals surface area contributed by atoms with Crippen LogP contribution in [0.1, 0.15) is 0 Å². The molecule has 31 heavy (non-hydrogen) atoms. The van der Waals surface area contributed by atoms with Crippen molar-refractivity contribution in [2.24, 2.45) is 7.05 Å². The van der Waals surface area contributed by atoms with Crippen LogP contribution in [0.15, 0.2) is 55.0 Å². The third kappa shape index (κ3) is 3.89. The summed E-state index contributed by atoms with van der Waals surface area (Å²) >= 11 is 0. The highest BCUT2D eigenvalue weighted by Gasteiger charge is 2.14. The molecule has 0 bridgehead atoms. The number of hydrogen-bond donors (Lipinski definition) is 2. The first-order valence-electron chi connectivity index (χ1n) is 10.4. The van der Waals surface area contributed by atoms with Crippen LogP contribution in [0.5, 0.6) is 0 Å². The molecule has 4 aromatic rings. The van der Waals surface area contributed by atoms with Crippen molar-refractivity contribution in [3.8, 4) is 11.3 Å². The molecule has 0 unspecified atom stereocenters. The zero-order chi connectivity index (χ0) is 21.4. The third-order valence-corrected chi connectivity index (χ3v) is 5.81. The second-order valence-electron chi connectivity index (χ2n) is 8.02. The average molecular weight is 415 g/mol. The fraction of sp³-hybridized carbons (Fsp3) is 0.261. The first kappa shape index (κ1) is 19.3. The molecule has 8 heteroatoms. The summed E-state index contributed by atoms with van der Waals surface area (Å²) < 4.78 is 1.99. The quantitative estimate of drug-likeness (QED) is 0.530. The van der Waals surface area contributed by atoms with Crippen LogP contribution in [0.3, 0.4) is 0 Å². The standard InChI is InChI=1S/C23H26N8/c1-29-9-11-31(12-10-29)18-6-4-17(5-7-18)27-23-25-14-19(24)22(28-23)16-3-8-21-20(13-16)26-15-30(21)2/h3-8,13-15H,9-12,24H2,1-2H3,(H,25,27,28). The molecular weight excluding hydrogens is 388 g/mol. The van der Waals surface area contributed by atoms with Crippen LogP contribution in [0.25, 0.3) is 22.3 Å². The lowest BCUT2D eigenvalue weighted by molar-refractivity contribution is 0.313. The Balaban J connectivity index is 1.36. The summed E-state index contributed by atoms with van der Waals surface area (Å²) in [6, 6.07) is 14.4. The van der Waals surface area contributed by atoms with Crippen LogP contribution in [0.2, 0.25) is 0 Å². The number of imidazole rings is 1. The van der Waals surface area contributed by atoms with Crippen molar-refractivity contribution in [1.29, 1.82) is 0 Å². The lowest BCUT2D eigenvalue weighted by Gasteiger charge is -2.34. The van der Waals surface area contributed by atoms with Gasteiger partial charge in [0.05, 0.1) is 34.9 Å². The van der Waals surface area contributed by atoms with Crippen LogP contribution in [0, 0.1) is 0 Å². The highest BCUT2D eigenvalue weighted by molar-refractivity contribution is 5.84. The van der Waals surface area contributed by atoms with Gasteiger partial charge in [-0.05, 0) is 43.4 Å². The van der Waals surface area contributed by atoms with Gasteiger partial charge in [0.15, 0.2) is 0 Å². The second-order valence-corrected chi connectivity index (χ2v) is 8.02. The molecule has 0 amide bonds. The third-order valence-electron chi connectivity index (χ3n) is 5.81. The number of benzene rings is 2. The predicted octanol–water partition coefficient (Wildman–Crippen LogP) is 3.11. The zero-order valence-corrected chi connectivity index (χ0v) is 17.8. The predicted molar refractivity (Wildman–Crippen MR) is 126 cm³/mol. The first-order chi connectivity index (χ1) is 15.1. The molecule has 8 nitrogen and oxygen atoms in total. The van der Waals surface area contributed by atoms with Crippen molar-refractivity contribution in [3.63, 3.8) is 0 Å². The van der Waals surface area contributed by atoms with Crippen molar-refractivity contribution in [1.82, 2.24) is 24.4 Å². The van der Waals surface area contributed by atoms with E-state index in [1.807, 2.05) is 29.8 Å². The fourth-order valence-corrected chi connectivity index (χ4v) is 3.92. The van der Waals surface area contributed by atoms with E-state index >= 15 is 0 Å². The average Bonchev–Trinajstić information content (AvgIpc) is 3.16. The van der Waals surface area contributed by atoms with Gasteiger partial charge in [-0.2, -0.15) is 0 Å². The SMILES string of the molecule is CN1CCN(c2ccc(Nc3ncc(N)c(-c4ccc5c(c4)ncn5C)n3)cc2)CC1. The Kier molecular flexibility index (Phi) is 4.91. The molecule has 1 aliphatic rings. The summed E-state index contributed by atoms with van der Waals surface area (Å²) in [5.74, 6) is 0.512. The van der Waals surface area contributed by atoms with Crippen molar-refractivity contribution >= 4 is 34.0 Å². The Bertz CT molecular complexity index is 1210. The number of fused-ring (bicyclic) bond motifs is 1. The van der Waals surface area contributed by atoms with Gasteiger partial charge in [-0.25, -0.2) is 15.0 Å². The molecule has 2 aromatic carbocycles. The van der Waals surface area contributed by atoms with Gasteiger partial charge in [0.2, 0.25) is 5.95 Å². The van der Waals surface area contributed by atoms with Gasteiger partial charge in [-0.1, -0.05) is 6.07 Å². The van der Waals surface area contributed by atoms with E-state index in [0.29, 0.717) is 17.3 Å². The summed E-state index contributed by atoms with van der Waals surface area (Å²) in [6.45, 7) is 4.28. The summed E-state index contributed by atoms with van der Waals surface area (Å²) in [5, 5.41) is 3.30. The minimum absolute atomic E-state index is 0.512. The first-order valence-corrected chi connectivity index (χ1v) is 10.4. The number of nitrogen functional groups attached to an aromatic ring is 1. The number of rotatable bonds is 4. The van der Waals surface area contributed by atoms with Gasteiger partial charge in [0, 0.05) is 50.2 Å². The topological polar surface area (TPSA) is 88.1 Å². The molecule has 1 saturated heterocycles. The normalized spacial score (nSPS) is 14.8. The van der Waals surface area contributed by atoms with E-state index in [1.54, 1.807) is 12.5 Å². The molecular formula is C23H26N8. The Hall–Kier alpha value is -3.65. The molecule has 1 fully saturated rings. The van der Waals surface area contributed by atoms with Crippen molar-refractivity contribution in [3.05, 3.63) is 55.0 Å². The lowest BCUT2D eigenvalue weighted by Crippen LogP contribution is -2.44. The Morgan fingerprint density at radius 2 is 1.71 bits per heavy atom. The molecule has 3 N–H and O–H groups in total. The largest absolute Gasteiger partial charge is 0.396 e. The van der Waals surface area contributed by atoms with Crippen LogP contribution in [0.4, 0.5) is 23.0 Å². The Morgan fingerprint density at radius 1 is 0.935 bits per heavy atom. The summed E-state index contributed by atoms with van der Waals surface area (Å²) in [6.07, 6.45) is 3.45. The summed E-state index contributed by atoms with van der Waals surface area (Å²) in [7, 11) is 4.14. The summed E-state index contributed by atoms with van der Waals surface area (Å²) in [5.41, 5.74) is 12.5. The van der Waals surface area contributed by atoms with Crippen molar-refractivity contribution < 1.29 is 0 Å². The van der Waals surface area contributed by atoms with E-state index in [9.17, 15) is 0 Å². The van der Waals surface area contributed by atoms with Gasteiger partial charge >= 0.3 is 0 Å². The van der Waals surface area contributed by atoms with E-state index in [2.05, 4.69) is 61.4 Å². The monoisotopic (exact) mass is 414 g/mol. The number of aromatic nitrogens is 4. The van der Waals surface area contributed by atoms with E-state index in [-0.39, 0.29) is 0 Å². The number of nitrogens with two attached hydrogens (primary N) is 1. The van der Waals surface area contributed by atoms with E-state index in [0.717, 1.165) is 48.5 Å². The van der Waals surface area contributed by atoms with Gasteiger partial charge in [-0.3, -0.25) is 0 Å². The highest BCUT2D eigenvalue weighted by atomic mass is 15.2. The smallest absolute Gasteiger partial charge is 0.227 e. The Labute approximate surface area is 181 Å². The minimum atomic E-state index is 0.512. The number of likely N-dealkylation sites (N-methyl/N-ethyl adjacent to an activating group) is 1. The van der Waals surface area contributed by atoms with Crippen molar-refractivity contribution in [2.45, 2.75) is 0 Å².